The lowest BCUT2D eigenvalue weighted by Gasteiger charge is -1.91. The molecule has 0 aliphatic rings. The van der Waals surface area contributed by atoms with Crippen LogP contribution in [0.2, 0.25) is 0 Å². The normalized spacial score (nSPS) is 8.60. The summed E-state index contributed by atoms with van der Waals surface area (Å²) in [6.07, 6.45) is 1.99. The highest BCUT2D eigenvalue weighted by Crippen LogP contribution is 1.85. The van der Waals surface area contributed by atoms with Gasteiger partial charge in [0.1, 0.15) is 7.05 Å². The SMILES string of the molecule is C[n+]1ccccc1CN.[I-]. The van der Waals surface area contributed by atoms with Crippen molar-refractivity contribution in [2.24, 2.45) is 12.8 Å². The Labute approximate surface area is 78.1 Å². The van der Waals surface area contributed by atoms with Gasteiger partial charge >= 0.3 is 0 Å². The Bertz CT molecular complexity index is 201. The van der Waals surface area contributed by atoms with E-state index >= 15 is 0 Å². The molecule has 0 saturated heterocycles. The second-order valence-corrected chi connectivity index (χ2v) is 2.01. The van der Waals surface area contributed by atoms with Crippen molar-refractivity contribution in [2.75, 3.05) is 0 Å². The smallest absolute Gasteiger partial charge is 0.194 e. The number of pyridine rings is 1. The molecule has 0 amide bonds. The van der Waals surface area contributed by atoms with Crippen LogP contribution in [0, 0.1) is 0 Å². The summed E-state index contributed by atoms with van der Waals surface area (Å²) in [5, 5.41) is 0. The molecule has 56 valence electrons. The van der Waals surface area contributed by atoms with Crippen molar-refractivity contribution in [3.63, 3.8) is 0 Å². The number of aromatic nitrogens is 1. The largest absolute Gasteiger partial charge is 1.00 e. The van der Waals surface area contributed by atoms with Crippen LogP contribution in [-0.4, -0.2) is 0 Å². The van der Waals surface area contributed by atoms with E-state index in [9.17, 15) is 0 Å². The van der Waals surface area contributed by atoms with Gasteiger partial charge in [0, 0.05) is 12.1 Å². The van der Waals surface area contributed by atoms with E-state index in [1.54, 1.807) is 0 Å². The molecule has 0 aliphatic heterocycles. The van der Waals surface area contributed by atoms with E-state index in [4.69, 9.17) is 5.73 Å². The van der Waals surface area contributed by atoms with Crippen LogP contribution in [0.15, 0.2) is 24.4 Å². The van der Waals surface area contributed by atoms with Crippen molar-refractivity contribution in [3.8, 4) is 0 Å². The number of rotatable bonds is 1. The van der Waals surface area contributed by atoms with Crippen LogP contribution in [0.1, 0.15) is 5.69 Å². The maximum absolute atomic E-state index is 5.43. The van der Waals surface area contributed by atoms with Crippen molar-refractivity contribution in [2.45, 2.75) is 6.54 Å². The molecule has 1 rings (SSSR count). The molecule has 0 bridgehead atoms. The Morgan fingerprint density at radius 2 is 2.20 bits per heavy atom. The van der Waals surface area contributed by atoms with Crippen LogP contribution in [0.3, 0.4) is 0 Å². The first-order chi connectivity index (χ1) is 4.34. The minimum Gasteiger partial charge on any atom is -1.00 e. The topological polar surface area (TPSA) is 29.9 Å². The summed E-state index contributed by atoms with van der Waals surface area (Å²) in [4.78, 5) is 0. The molecule has 0 fully saturated rings. The standard InChI is InChI=1S/C7H11N2.HI/c1-9-5-3-2-4-7(9)6-8;/h2-5H,6,8H2,1H3;1H/q+1;/p-1. The van der Waals surface area contributed by atoms with Gasteiger partial charge in [0.2, 0.25) is 0 Å². The molecule has 1 aromatic rings. The van der Waals surface area contributed by atoms with Crippen molar-refractivity contribution in [3.05, 3.63) is 30.1 Å². The molecule has 3 heteroatoms. The lowest BCUT2D eigenvalue weighted by atomic mass is 10.3. The van der Waals surface area contributed by atoms with Gasteiger partial charge in [-0.15, -0.1) is 0 Å². The fourth-order valence-corrected chi connectivity index (χ4v) is 0.771. The minimum atomic E-state index is 0. The summed E-state index contributed by atoms with van der Waals surface area (Å²) in [5.74, 6) is 0. The van der Waals surface area contributed by atoms with Gasteiger partial charge in [0.05, 0.1) is 6.54 Å². The highest BCUT2D eigenvalue weighted by Gasteiger charge is 1.97. The first-order valence-electron chi connectivity index (χ1n) is 2.98. The zero-order valence-electron chi connectivity index (χ0n) is 5.92. The predicted molar refractivity (Wildman–Crippen MR) is 35.5 cm³/mol. The maximum Gasteiger partial charge on any atom is 0.194 e. The highest BCUT2D eigenvalue weighted by atomic mass is 127. The van der Waals surface area contributed by atoms with E-state index in [-0.39, 0.29) is 24.0 Å². The van der Waals surface area contributed by atoms with Crippen molar-refractivity contribution in [1.82, 2.24) is 0 Å². The van der Waals surface area contributed by atoms with Crippen LogP contribution in [0.4, 0.5) is 0 Å². The molecule has 1 aromatic heterocycles. The zero-order chi connectivity index (χ0) is 6.69. The lowest BCUT2D eigenvalue weighted by Crippen LogP contribution is -3.00. The summed E-state index contributed by atoms with van der Waals surface area (Å²) in [6, 6.07) is 5.99. The van der Waals surface area contributed by atoms with E-state index in [0.29, 0.717) is 6.54 Å². The van der Waals surface area contributed by atoms with Crippen LogP contribution in [0.5, 0.6) is 0 Å². The van der Waals surface area contributed by atoms with Crippen molar-refractivity contribution in [1.29, 1.82) is 0 Å². The Balaban J connectivity index is 0.000000810. The number of nitrogens with two attached hydrogens (primary N) is 1. The molecule has 10 heavy (non-hydrogen) atoms. The fraction of sp³-hybridized carbons (Fsp3) is 0.286. The molecular formula is C7H11IN2. The fourth-order valence-electron chi connectivity index (χ4n) is 0.771. The van der Waals surface area contributed by atoms with Gasteiger partial charge in [0.25, 0.3) is 0 Å². The third kappa shape index (κ3) is 2.22. The van der Waals surface area contributed by atoms with Gasteiger partial charge in [-0.1, -0.05) is 6.07 Å². The Hall–Kier alpha value is -0.160. The first-order valence-corrected chi connectivity index (χ1v) is 2.98. The Morgan fingerprint density at radius 1 is 1.50 bits per heavy atom. The monoisotopic (exact) mass is 250 g/mol. The van der Waals surface area contributed by atoms with E-state index in [0.717, 1.165) is 5.69 Å². The number of nitrogens with zero attached hydrogens (tertiary/aromatic N) is 1. The molecule has 0 spiro atoms. The molecule has 2 nitrogen and oxygen atoms in total. The van der Waals surface area contributed by atoms with Crippen LogP contribution in [0.25, 0.3) is 0 Å². The first kappa shape index (κ1) is 9.84. The van der Waals surface area contributed by atoms with Crippen LogP contribution in [-0.2, 0) is 13.6 Å². The summed E-state index contributed by atoms with van der Waals surface area (Å²) in [5.41, 5.74) is 6.58. The van der Waals surface area contributed by atoms with E-state index in [1.165, 1.54) is 0 Å². The summed E-state index contributed by atoms with van der Waals surface area (Å²) in [7, 11) is 1.99. The predicted octanol–water partition coefficient (Wildman–Crippen LogP) is -3.03. The Morgan fingerprint density at radius 3 is 2.60 bits per heavy atom. The average molecular weight is 250 g/mol. The average Bonchev–Trinajstić information content (AvgIpc) is 1.89. The second kappa shape index (κ2) is 4.62. The molecule has 0 atom stereocenters. The minimum absolute atomic E-state index is 0. The zero-order valence-corrected chi connectivity index (χ0v) is 8.08. The van der Waals surface area contributed by atoms with Gasteiger partial charge in [-0.3, -0.25) is 0 Å². The van der Waals surface area contributed by atoms with Crippen LogP contribution < -0.4 is 34.3 Å². The lowest BCUT2D eigenvalue weighted by molar-refractivity contribution is -0.679. The number of hydrogen-bond donors (Lipinski definition) is 1. The Kier molecular flexibility index (Phi) is 4.55. The molecule has 0 unspecified atom stereocenters. The second-order valence-electron chi connectivity index (χ2n) is 2.01. The number of aryl methyl sites for hydroxylation is 1. The summed E-state index contributed by atoms with van der Waals surface area (Å²) in [6.45, 7) is 0.608. The van der Waals surface area contributed by atoms with Gasteiger partial charge < -0.3 is 29.7 Å². The van der Waals surface area contributed by atoms with E-state index < -0.39 is 0 Å². The molecule has 1 heterocycles. The number of hydrogen-bond acceptors (Lipinski definition) is 1. The molecule has 0 aromatic carbocycles. The molecular weight excluding hydrogens is 239 g/mol. The van der Waals surface area contributed by atoms with Gasteiger partial charge in [-0.05, 0) is 0 Å². The van der Waals surface area contributed by atoms with Gasteiger partial charge in [-0.2, -0.15) is 0 Å². The maximum atomic E-state index is 5.43. The summed E-state index contributed by atoms with van der Waals surface area (Å²) < 4.78 is 2.01. The third-order valence-corrected chi connectivity index (χ3v) is 1.37. The van der Waals surface area contributed by atoms with E-state index in [2.05, 4.69) is 0 Å². The molecule has 0 radical (unpaired) electrons. The van der Waals surface area contributed by atoms with E-state index in [1.807, 2.05) is 36.0 Å². The molecule has 0 saturated carbocycles. The summed E-state index contributed by atoms with van der Waals surface area (Å²) >= 11 is 0. The van der Waals surface area contributed by atoms with Crippen LogP contribution >= 0.6 is 0 Å². The highest BCUT2D eigenvalue weighted by molar-refractivity contribution is 4.95. The van der Waals surface area contributed by atoms with Crippen molar-refractivity contribution < 1.29 is 28.5 Å². The van der Waals surface area contributed by atoms with Gasteiger partial charge in [-0.25, -0.2) is 4.57 Å². The quantitative estimate of drug-likeness (QED) is 0.417. The molecule has 0 aliphatic carbocycles. The third-order valence-electron chi connectivity index (χ3n) is 1.37. The molecule has 2 N–H and O–H groups in total. The van der Waals surface area contributed by atoms with Crippen molar-refractivity contribution >= 4 is 0 Å². The van der Waals surface area contributed by atoms with Gasteiger partial charge in [0.15, 0.2) is 11.9 Å². The number of halogens is 1.